The molecule has 0 bridgehead atoms. The second-order valence-corrected chi connectivity index (χ2v) is 13.0. The Balaban J connectivity index is 5.38. The summed E-state index contributed by atoms with van der Waals surface area (Å²) in [5, 5.41) is -14.3. The average Bonchev–Trinajstić information content (AvgIpc) is 2.81. The highest BCUT2D eigenvalue weighted by atomic mass is 32.2. The molecule has 0 radical (unpaired) electrons. The lowest BCUT2D eigenvalue weighted by Crippen LogP contribution is -2.65. The topological polar surface area (TPSA) is 110 Å². The summed E-state index contributed by atoms with van der Waals surface area (Å²) in [5.41, 5.74) is 0. The van der Waals surface area contributed by atoms with Gasteiger partial charge in [-0.3, -0.25) is 0 Å². The van der Waals surface area contributed by atoms with Crippen molar-refractivity contribution in [3.05, 3.63) is 0 Å². The molecule has 0 fully saturated rings. The van der Waals surface area contributed by atoms with Crippen LogP contribution >= 0.6 is 8.25 Å². The van der Waals surface area contributed by atoms with Gasteiger partial charge in [0.05, 0.1) is 0 Å². The highest BCUT2D eigenvalue weighted by molar-refractivity contribution is 7.90. The molecule has 0 saturated heterocycles. The van der Waals surface area contributed by atoms with Crippen LogP contribution < -0.4 is 0 Å². The number of hydrogen-bond acceptors (Lipinski definition) is 7. The lowest BCUT2D eigenvalue weighted by molar-refractivity contribution is -0.382. The monoisotopic (exact) mass is 759 g/mol. The zero-order chi connectivity index (χ0) is 36.0. The van der Waals surface area contributed by atoms with E-state index in [-0.39, 0.29) is 14.1 Å². The van der Waals surface area contributed by atoms with Gasteiger partial charge in [-0.25, -0.2) is 16.8 Å². The van der Waals surface area contributed by atoms with E-state index in [2.05, 4.69) is 9.05 Å². The van der Waals surface area contributed by atoms with E-state index in [4.69, 9.17) is 0 Å². The Morgan fingerprint density at radius 1 is 0.500 bits per heavy atom. The van der Waals surface area contributed by atoms with Crippen molar-refractivity contribution in [2.45, 2.75) is 46.6 Å². The second kappa shape index (κ2) is 12.6. The lowest BCUT2D eigenvalue weighted by atomic mass is 10.1. The Hall–Kier alpha value is -1.42. The summed E-state index contributed by atoms with van der Waals surface area (Å²) in [4.78, 5) is 0. The molecular formula is C14H14F18N2O7PS2+. The van der Waals surface area contributed by atoms with Gasteiger partial charge in [-0.15, -0.1) is 9.05 Å². The fourth-order valence-electron chi connectivity index (χ4n) is 2.20. The summed E-state index contributed by atoms with van der Waals surface area (Å²) in [6.45, 7) is -6.46. The van der Waals surface area contributed by atoms with Crippen LogP contribution in [0.1, 0.15) is 0 Å². The predicted molar refractivity (Wildman–Crippen MR) is 104 cm³/mol. The number of alkyl halides is 18. The molecule has 30 heteroatoms. The molecule has 0 aromatic carbocycles. The molecule has 9 nitrogen and oxygen atoms in total. The molecule has 0 rings (SSSR count). The summed E-state index contributed by atoms with van der Waals surface area (Å²) in [5.74, 6) is -30.4. The molecule has 0 spiro atoms. The van der Waals surface area contributed by atoms with E-state index >= 15 is 0 Å². The third kappa shape index (κ3) is 7.11. The summed E-state index contributed by atoms with van der Waals surface area (Å²) in [6, 6.07) is 0. The lowest BCUT2D eigenvalue weighted by Gasteiger charge is -2.34. The van der Waals surface area contributed by atoms with Crippen LogP contribution in [0.25, 0.3) is 0 Å². The quantitative estimate of drug-likeness (QED) is 0.160. The highest BCUT2D eigenvalue weighted by Gasteiger charge is 2.86. The van der Waals surface area contributed by atoms with Gasteiger partial charge in [-0.1, -0.05) is 0 Å². The van der Waals surface area contributed by atoms with Crippen LogP contribution in [-0.4, -0.2) is 112 Å². The maximum Gasteiger partial charge on any atom is 0.697 e. The van der Waals surface area contributed by atoms with Crippen LogP contribution in [-0.2, 0) is 33.7 Å². The summed E-state index contributed by atoms with van der Waals surface area (Å²) < 4.78 is 297. The molecule has 0 aliphatic heterocycles. The third-order valence-electron chi connectivity index (χ3n) is 4.91. The van der Waals surface area contributed by atoms with E-state index in [0.717, 1.165) is 0 Å². The average molecular weight is 759 g/mol. The van der Waals surface area contributed by atoms with E-state index in [1.54, 1.807) is 0 Å². The van der Waals surface area contributed by atoms with Crippen LogP contribution in [0.5, 0.6) is 0 Å². The Morgan fingerprint density at radius 3 is 0.932 bits per heavy atom. The fraction of sp³-hybridized carbons (Fsp3) is 1.00. The zero-order valence-electron chi connectivity index (χ0n) is 20.6. The first-order valence-corrected chi connectivity index (χ1v) is 14.0. The standard InChI is InChI=1S/C14H14F18N2O7PS2/c1-33(43(36,37)13(29,30)9(19,20)7(15,16)11(23,24)25)3-5-40-42(35)41-6-4-34(2)44(38,39)14(31,32)10(21,22)8(17,18)12(26,27)28/h3-6H2,1-2H3/q+1. The number of nitrogens with zero attached hydrogens (tertiary/aromatic N) is 2. The third-order valence-corrected chi connectivity index (χ3v) is 9.51. The first-order chi connectivity index (χ1) is 18.9. The summed E-state index contributed by atoms with van der Waals surface area (Å²) in [6.07, 6.45) is -14.7. The molecule has 0 heterocycles. The van der Waals surface area contributed by atoms with Crippen molar-refractivity contribution < 1.29 is 109 Å². The van der Waals surface area contributed by atoms with Crippen LogP contribution in [0.4, 0.5) is 79.0 Å². The molecular weight excluding hydrogens is 745 g/mol. The zero-order valence-corrected chi connectivity index (χ0v) is 23.2. The van der Waals surface area contributed by atoms with Crippen molar-refractivity contribution in [1.82, 2.24) is 8.61 Å². The van der Waals surface area contributed by atoms with Crippen molar-refractivity contribution in [3.63, 3.8) is 0 Å². The number of rotatable bonds is 16. The van der Waals surface area contributed by atoms with Gasteiger partial charge >= 0.3 is 54.8 Å². The number of sulfonamides is 2. The van der Waals surface area contributed by atoms with E-state index in [1.807, 2.05) is 0 Å². The van der Waals surface area contributed by atoms with Gasteiger partial charge in [0.15, 0.2) is 0 Å². The van der Waals surface area contributed by atoms with Crippen LogP contribution in [0.3, 0.4) is 0 Å². The van der Waals surface area contributed by atoms with Gasteiger partial charge in [-0.05, 0) is 0 Å². The Morgan fingerprint density at radius 2 is 0.727 bits per heavy atom. The molecule has 0 aliphatic carbocycles. The summed E-state index contributed by atoms with van der Waals surface area (Å²) in [7, 11) is -18.2. The molecule has 0 aliphatic rings. The second-order valence-electron chi connectivity index (χ2n) is 7.87. The molecule has 0 amide bonds. The van der Waals surface area contributed by atoms with Crippen molar-refractivity contribution in [1.29, 1.82) is 0 Å². The highest BCUT2D eigenvalue weighted by Crippen LogP contribution is 2.56. The fourth-order valence-corrected chi connectivity index (χ4v) is 5.06. The van der Waals surface area contributed by atoms with Crippen LogP contribution in [0, 0.1) is 0 Å². The van der Waals surface area contributed by atoms with Gasteiger partial charge in [-0.2, -0.15) is 87.6 Å². The largest absolute Gasteiger partial charge is 0.697 e. The Bertz CT molecular complexity index is 1160. The molecule has 44 heavy (non-hydrogen) atoms. The van der Waals surface area contributed by atoms with Crippen molar-refractivity contribution in [2.24, 2.45) is 0 Å². The molecule has 0 unspecified atom stereocenters. The van der Waals surface area contributed by atoms with E-state index < -0.39 is 110 Å². The minimum atomic E-state index is -7.60. The maximum atomic E-state index is 13.7. The first-order valence-electron chi connectivity index (χ1n) is 9.99. The maximum absolute atomic E-state index is 13.7. The molecule has 264 valence electrons. The van der Waals surface area contributed by atoms with Gasteiger partial charge < -0.3 is 0 Å². The smallest absolute Gasteiger partial charge is 0.206 e. The molecule has 0 atom stereocenters. The SMILES string of the molecule is CN(CCO[P+](=O)OCCN(C)S(=O)(=O)C(F)(F)C(F)(F)C(F)(F)C(F)(F)F)S(=O)(=O)C(F)(F)C(F)(F)C(F)(F)C(F)(F)F. The minimum Gasteiger partial charge on any atom is -0.206 e. The predicted octanol–water partition coefficient (Wildman–Crippen LogP) is 5.05. The van der Waals surface area contributed by atoms with Crippen LogP contribution in [0.15, 0.2) is 0 Å². The first kappa shape index (κ1) is 42.6. The van der Waals surface area contributed by atoms with Crippen molar-refractivity contribution in [3.8, 4) is 0 Å². The molecule has 0 N–H and O–H groups in total. The normalized spacial score (nSPS) is 15.8. The van der Waals surface area contributed by atoms with Crippen molar-refractivity contribution >= 4 is 28.3 Å². The molecule has 0 aromatic rings. The Labute approximate surface area is 234 Å². The van der Waals surface area contributed by atoms with Gasteiger partial charge in [0.1, 0.15) is 13.2 Å². The van der Waals surface area contributed by atoms with E-state index in [0.29, 0.717) is 0 Å². The van der Waals surface area contributed by atoms with Gasteiger partial charge in [0.25, 0.3) is 20.0 Å². The van der Waals surface area contributed by atoms with Crippen LogP contribution in [0.2, 0.25) is 0 Å². The van der Waals surface area contributed by atoms with E-state index in [9.17, 15) is 100 Å². The summed E-state index contributed by atoms with van der Waals surface area (Å²) >= 11 is 0. The van der Waals surface area contributed by atoms with E-state index in [1.165, 1.54) is 0 Å². The number of likely N-dealkylation sites (N-methyl/N-ethyl adjacent to an activating group) is 2. The number of halogens is 18. The number of hydrogen-bond donors (Lipinski definition) is 0. The molecule has 0 saturated carbocycles. The van der Waals surface area contributed by atoms with Crippen molar-refractivity contribution in [2.75, 3.05) is 40.4 Å². The van der Waals surface area contributed by atoms with Gasteiger partial charge in [0, 0.05) is 31.7 Å². The Kier molecular flexibility index (Phi) is 12.2. The molecule has 0 aromatic heterocycles. The minimum absolute atomic E-state index is 0.0968. The van der Waals surface area contributed by atoms with Gasteiger partial charge in [0.2, 0.25) is 0 Å².